The van der Waals surface area contributed by atoms with Crippen LogP contribution < -0.4 is 21.5 Å². The van der Waals surface area contributed by atoms with Gasteiger partial charge in [-0.1, -0.05) is 36.4 Å². The molecule has 1 aliphatic heterocycles. The molecule has 5 rings (SSSR count). The number of hydrogen-bond donors (Lipinski definition) is 3. The molecule has 1 saturated carbocycles. The molecule has 0 spiro atoms. The highest BCUT2D eigenvalue weighted by Gasteiger charge is 2.54. The van der Waals surface area contributed by atoms with Crippen molar-refractivity contribution in [3.63, 3.8) is 0 Å². The van der Waals surface area contributed by atoms with E-state index in [9.17, 15) is 14.0 Å². The number of halogens is 1. The molecule has 2 aliphatic rings. The first kappa shape index (κ1) is 23.8. The number of anilines is 1. The van der Waals surface area contributed by atoms with Gasteiger partial charge in [0, 0.05) is 24.6 Å². The number of ether oxygens (including phenoxy) is 2. The molecule has 2 unspecified atom stereocenters. The van der Waals surface area contributed by atoms with E-state index < -0.39 is 18.1 Å². The third-order valence-corrected chi connectivity index (χ3v) is 7.14. The number of rotatable bonds is 7. The molecule has 1 saturated heterocycles. The van der Waals surface area contributed by atoms with E-state index in [4.69, 9.17) is 20.9 Å². The minimum Gasteiger partial charge on any atom is -0.496 e. The Kier molecular flexibility index (Phi) is 6.36. The lowest BCUT2D eigenvalue weighted by atomic mass is 9.65. The van der Waals surface area contributed by atoms with Crippen LogP contribution in [0.25, 0.3) is 11.3 Å². The van der Waals surface area contributed by atoms with Gasteiger partial charge in [-0.15, -0.1) is 0 Å². The highest BCUT2D eigenvalue weighted by molar-refractivity contribution is 6.03. The van der Waals surface area contributed by atoms with Crippen molar-refractivity contribution < 1.29 is 23.5 Å². The number of amides is 2. The van der Waals surface area contributed by atoms with Crippen molar-refractivity contribution in [2.24, 2.45) is 17.6 Å². The number of primary amides is 1. The van der Waals surface area contributed by atoms with E-state index in [2.05, 4.69) is 10.4 Å². The Labute approximate surface area is 207 Å². The molecule has 1 aliphatic carbocycles. The summed E-state index contributed by atoms with van der Waals surface area (Å²) in [7, 11) is 1.51. The predicted octanol–water partition coefficient (Wildman–Crippen LogP) is 2.72. The van der Waals surface area contributed by atoms with Crippen LogP contribution in [0.3, 0.4) is 0 Å². The summed E-state index contributed by atoms with van der Waals surface area (Å²) in [4.78, 5) is 24.8. The highest BCUT2D eigenvalue weighted by Crippen LogP contribution is 2.51. The lowest BCUT2D eigenvalue weighted by Crippen LogP contribution is -2.54. The molecule has 3 aromatic rings. The summed E-state index contributed by atoms with van der Waals surface area (Å²) in [5.41, 5.74) is 14.2. The van der Waals surface area contributed by atoms with Gasteiger partial charge in [0.25, 0.3) is 11.8 Å². The van der Waals surface area contributed by atoms with Crippen molar-refractivity contribution in [1.82, 2.24) is 15.1 Å². The SMILES string of the molecule is COc1ccccc1C(=O)NCc1ccc(-c2nn([C@H]3C(F)[C@H]4COCCC43)c(N)c2C(N)=O)cc1. The second kappa shape index (κ2) is 9.62. The first-order valence-corrected chi connectivity index (χ1v) is 11.8. The molecule has 5 N–H and O–H groups in total. The Hall–Kier alpha value is -3.92. The number of carbonyl (C=O) groups excluding carboxylic acids is 2. The number of aromatic nitrogens is 2. The van der Waals surface area contributed by atoms with Crippen molar-refractivity contribution in [3.8, 4) is 17.0 Å². The van der Waals surface area contributed by atoms with E-state index >= 15 is 0 Å². The Morgan fingerprint density at radius 1 is 1.19 bits per heavy atom. The Morgan fingerprint density at radius 2 is 1.94 bits per heavy atom. The number of alkyl halides is 1. The standard InChI is InChI=1S/C26H28FN5O4/c1-35-19-5-3-2-4-17(19)26(34)30-12-14-6-8-15(9-7-14)22-20(25(29)33)24(28)32(31-22)23-16-10-11-36-13-18(16)21(23)27/h2-9,16,18,21,23H,10-13,28H2,1H3,(H2,29,33)(H,30,34)/t16?,18-,21?,23+/m0/s1. The van der Waals surface area contributed by atoms with Gasteiger partial charge < -0.3 is 26.3 Å². The van der Waals surface area contributed by atoms with E-state index in [0.717, 1.165) is 5.56 Å². The topological polar surface area (TPSA) is 134 Å². The molecular weight excluding hydrogens is 465 g/mol. The van der Waals surface area contributed by atoms with Crippen LogP contribution in [0.1, 0.15) is 38.7 Å². The molecule has 10 heteroatoms. The van der Waals surface area contributed by atoms with Crippen LogP contribution in [-0.4, -0.2) is 48.1 Å². The summed E-state index contributed by atoms with van der Waals surface area (Å²) < 4.78 is 27.0. The van der Waals surface area contributed by atoms with Crippen molar-refractivity contribution in [2.45, 2.75) is 25.2 Å². The summed E-state index contributed by atoms with van der Waals surface area (Å²) in [6.07, 6.45) is -0.439. The van der Waals surface area contributed by atoms with Crippen LogP contribution in [0.2, 0.25) is 0 Å². The lowest BCUT2D eigenvalue weighted by molar-refractivity contribution is -0.128. The van der Waals surface area contributed by atoms with Gasteiger partial charge in [0.05, 0.1) is 25.3 Å². The number of nitrogens with one attached hydrogen (secondary N) is 1. The first-order valence-electron chi connectivity index (χ1n) is 11.8. The summed E-state index contributed by atoms with van der Waals surface area (Å²) >= 11 is 0. The average Bonchev–Trinajstić information content (AvgIpc) is 3.23. The smallest absolute Gasteiger partial charge is 0.255 e. The Balaban J connectivity index is 1.35. The molecular formula is C26H28FN5O4. The van der Waals surface area contributed by atoms with Gasteiger partial charge in [0.1, 0.15) is 29.0 Å². The molecule has 0 radical (unpaired) electrons. The summed E-state index contributed by atoms with van der Waals surface area (Å²) in [6, 6.07) is 13.6. The van der Waals surface area contributed by atoms with Crippen LogP contribution >= 0.6 is 0 Å². The zero-order valence-electron chi connectivity index (χ0n) is 19.8. The van der Waals surface area contributed by atoms with Gasteiger partial charge >= 0.3 is 0 Å². The second-order valence-corrected chi connectivity index (χ2v) is 9.12. The molecule has 9 nitrogen and oxygen atoms in total. The lowest BCUT2D eigenvalue weighted by Gasteiger charge is -2.50. The molecule has 2 amide bonds. The number of fused-ring (bicyclic) bond motifs is 1. The first-order chi connectivity index (χ1) is 17.4. The number of para-hydroxylation sites is 1. The maximum atomic E-state index is 14.9. The fourth-order valence-corrected chi connectivity index (χ4v) is 5.20. The quantitative estimate of drug-likeness (QED) is 0.463. The molecule has 0 bridgehead atoms. The predicted molar refractivity (Wildman–Crippen MR) is 131 cm³/mol. The minimum atomic E-state index is -1.15. The second-order valence-electron chi connectivity index (χ2n) is 9.12. The molecule has 36 heavy (non-hydrogen) atoms. The number of hydrogen-bond acceptors (Lipinski definition) is 6. The van der Waals surface area contributed by atoms with Crippen LogP contribution in [0.4, 0.5) is 10.2 Å². The highest BCUT2D eigenvalue weighted by atomic mass is 19.1. The van der Waals surface area contributed by atoms with Crippen LogP contribution in [0.5, 0.6) is 5.75 Å². The third-order valence-electron chi connectivity index (χ3n) is 7.14. The maximum Gasteiger partial charge on any atom is 0.255 e. The van der Waals surface area contributed by atoms with Gasteiger partial charge in [-0.2, -0.15) is 5.10 Å². The van der Waals surface area contributed by atoms with E-state index in [1.807, 2.05) is 12.1 Å². The normalized spacial score (nSPS) is 22.8. The average molecular weight is 494 g/mol. The van der Waals surface area contributed by atoms with Crippen LogP contribution in [0.15, 0.2) is 48.5 Å². The van der Waals surface area contributed by atoms with Crippen LogP contribution in [0, 0.1) is 11.8 Å². The molecule has 1 aromatic heterocycles. The van der Waals surface area contributed by atoms with Crippen molar-refractivity contribution in [1.29, 1.82) is 0 Å². The van der Waals surface area contributed by atoms with Crippen LogP contribution in [-0.2, 0) is 11.3 Å². The van der Waals surface area contributed by atoms with Gasteiger partial charge in [-0.3, -0.25) is 9.59 Å². The summed E-state index contributed by atoms with van der Waals surface area (Å²) in [5.74, 6) is -0.543. The van der Waals surface area contributed by atoms with Gasteiger partial charge in [-0.25, -0.2) is 9.07 Å². The molecule has 188 valence electrons. The van der Waals surface area contributed by atoms with Crippen molar-refractivity contribution >= 4 is 17.6 Å². The van der Waals surface area contributed by atoms with Gasteiger partial charge in [0.2, 0.25) is 0 Å². The summed E-state index contributed by atoms with van der Waals surface area (Å²) in [6.45, 7) is 1.23. The molecule has 2 heterocycles. The van der Waals surface area contributed by atoms with E-state index in [1.165, 1.54) is 11.8 Å². The Bertz CT molecular complexity index is 1290. The molecule has 2 fully saturated rings. The van der Waals surface area contributed by atoms with Gasteiger partial charge in [-0.05, 0) is 30.0 Å². The van der Waals surface area contributed by atoms with E-state index in [1.54, 1.807) is 36.4 Å². The number of carbonyl (C=O) groups is 2. The molecule has 2 aromatic carbocycles. The van der Waals surface area contributed by atoms with E-state index in [0.29, 0.717) is 42.2 Å². The fraction of sp³-hybridized carbons (Fsp3) is 0.346. The Morgan fingerprint density at radius 3 is 2.67 bits per heavy atom. The maximum absolute atomic E-state index is 14.9. The number of methoxy groups -OCH3 is 1. The van der Waals surface area contributed by atoms with Gasteiger partial charge in [0.15, 0.2) is 0 Å². The molecule has 4 atom stereocenters. The largest absolute Gasteiger partial charge is 0.496 e. The zero-order valence-corrected chi connectivity index (χ0v) is 19.8. The summed E-state index contributed by atoms with van der Waals surface area (Å²) in [5, 5.41) is 7.42. The number of nitrogen functional groups attached to an aromatic ring is 1. The fourth-order valence-electron chi connectivity index (χ4n) is 5.20. The zero-order chi connectivity index (χ0) is 25.4. The van der Waals surface area contributed by atoms with E-state index in [-0.39, 0.29) is 35.7 Å². The minimum absolute atomic E-state index is 0.0544. The third kappa shape index (κ3) is 4.07. The number of nitrogens with zero attached hydrogens (tertiary/aromatic N) is 2. The monoisotopic (exact) mass is 493 g/mol. The van der Waals surface area contributed by atoms with Crippen molar-refractivity contribution in [2.75, 3.05) is 26.1 Å². The number of nitrogens with two attached hydrogens (primary N) is 2. The number of benzene rings is 2. The van der Waals surface area contributed by atoms with Crippen molar-refractivity contribution in [3.05, 3.63) is 65.2 Å².